The lowest BCUT2D eigenvalue weighted by Gasteiger charge is -2.08. The average molecular weight is 396 g/mol. The molecule has 4 heteroatoms. The number of hydrogen-bond donors (Lipinski definition) is 0. The van der Waals surface area contributed by atoms with Gasteiger partial charge in [0.1, 0.15) is 5.75 Å². The molecule has 0 bridgehead atoms. The Morgan fingerprint density at radius 2 is 1.90 bits per heavy atom. The summed E-state index contributed by atoms with van der Waals surface area (Å²) < 4.78 is 7.41. The van der Waals surface area contributed by atoms with Gasteiger partial charge in [0.15, 0.2) is 5.78 Å². The zero-order valence-electron chi connectivity index (χ0n) is 10.6. The van der Waals surface area contributed by atoms with E-state index in [-0.39, 0.29) is 5.78 Å². The molecule has 0 heterocycles. The van der Waals surface area contributed by atoms with Gasteiger partial charge in [-0.25, -0.2) is 0 Å². The van der Waals surface area contributed by atoms with Crippen molar-refractivity contribution in [1.82, 2.24) is 0 Å². The van der Waals surface area contributed by atoms with Crippen molar-refractivity contribution in [2.75, 3.05) is 0 Å². The lowest BCUT2D eigenvalue weighted by molar-refractivity contribution is 0.103. The summed E-state index contributed by atoms with van der Waals surface area (Å²) in [5, 5.41) is 0. The maximum Gasteiger partial charge on any atom is 0.194 e. The predicted molar refractivity (Wildman–Crippen MR) is 85.4 cm³/mol. The van der Waals surface area contributed by atoms with Gasteiger partial charge in [0, 0.05) is 20.1 Å². The molecule has 3 rings (SSSR count). The molecule has 1 aliphatic carbocycles. The van der Waals surface area contributed by atoms with Crippen molar-refractivity contribution in [3.8, 4) is 5.75 Å². The summed E-state index contributed by atoms with van der Waals surface area (Å²) in [5.41, 5.74) is 1.28. The topological polar surface area (TPSA) is 26.3 Å². The van der Waals surface area contributed by atoms with Crippen molar-refractivity contribution in [3.63, 3.8) is 0 Å². The van der Waals surface area contributed by atoms with E-state index < -0.39 is 0 Å². The van der Waals surface area contributed by atoms with Gasteiger partial charge in [0.2, 0.25) is 0 Å². The van der Waals surface area contributed by atoms with Gasteiger partial charge in [0.05, 0.1) is 6.10 Å². The third-order valence-electron chi connectivity index (χ3n) is 3.10. The molecular weight excluding hydrogens is 384 g/mol. The smallest absolute Gasteiger partial charge is 0.194 e. The fraction of sp³-hybridized carbons (Fsp3) is 0.188. The van der Waals surface area contributed by atoms with Crippen molar-refractivity contribution < 1.29 is 9.53 Å². The zero-order chi connectivity index (χ0) is 14.1. The Kier molecular flexibility index (Phi) is 3.94. The van der Waals surface area contributed by atoms with Crippen LogP contribution in [0.25, 0.3) is 0 Å². The van der Waals surface area contributed by atoms with Crippen LogP contribution in [-0.4, -0.2) is 11.9 Å². The highest BCUT2D eigenvalue weighted by Crippen LogP contribution is 2.29. The van der Waals surface area contributed by atoms with Crippen LogP contribution in [0.5, 0.6) is 5.75 Å². The first-order valence-electron chi connectivity index (χ1n) is 6.40. The summed E-state index contributed by atoms with van der Waals surface area (Å²) >= 11 is 6.82. The van der Waals surface area contributed by atoms with Crippen LogP contribution < -0.4 is 4.74 Å². The van der Waals surface area contributed by atoms with E-state index >= 15 is 0 Å². The maximum atomic E-state index is 12.6. The monoisotopic (exact) mass is 394 g/mol. The van der Waals surface area contributed by atoms with Gasteiger partial charge in [-0.3, -0.25) is 4.79 Å². The number of ether oxygens (including phenoxy) is 1. The molecule has 2 nitrogen and oxygen atoms in total. The van der Waals surface area contributed by atoms with Crippen molar-refractivity contribution >= 4 is 37.6 Å². The highest BCUT2D eigenvalue weighted by molar-refractivity contribution is 9.11. The molecule has 0 aliphatic heterocycles. The Balaban J connectivity index is 1.91. The second-order valence-corrected chi connectivity index (χ2v) is 6.57. The van der Waals surface area contributed by atoms with Crippen molar-refractivity contribution in [2.45, 2.75) is 18.9 Å². The maximum absolute atomic E-state index is 12.6. The Labute approximate surface area is 134 Å². The van der Waals surface area contributed by atoms with Crippen LogP contribution in [0.15, 0.2) is 51.4 Å². The molecule has 0 unspecified atom stereocenters. The molecule has 0 saturated heterocycles. The predicted octanol–water partition coefficient (Wildman–Crippen LogP) is 4.98. The molecule has 0 atom stereocenters. The lowest BCUT2D eigenvalue weighted by atomic mass is 10.0. The molecule has 0 aromatic heterocycles. The SMILES string of the molecule is O=C(c1cccc(OC2CC2)c1)c1cc(Br)ccc1Br. The van der Waals surface area contributed by atoms with E-state index in [1.54, 1.807) is 0 Å². The number of rotatable bonds is 4. The van der Waals surface area contributed by atoms with Crippen molar-refractivity contribution in [2.24, 2.45) is 0 Å². The molecular formula is C16H12Br2O2. The van der Waals surface area contributed by atoms with E-state index in [1.807, 2.05) is 42.5 Å². The van der Waals surface area contributed by atoms with E-state index in [9.17, 15) is 4.79 Å². The summed E-state index contributed by atoms with van der Waals surface area (Å²) in [7, 11) is 0. The van der Waals surface area contributed by atoms with E-state index in [1.165, 1.54) is 0 Å². The van der Waals surface area contributed by atoms with E-state index in [0.717, 1.165) is 27.5 Å². The third kappa shape index (κ3) is 3.13. The second-order valence-electron chi connectivity index (χ2n) is 4.80. The van der Waals surface area contributed by atoms with Gasteiger partial charge in [-0.1, -0.05) is 44.0 Å². The van der Waals surface area contributed by atoms with Gasteiger partial charge in [-0.2, -0.15) is 0 Å². The van der Waals surface area contributed by atoms with Crippen LogP contribution in [0.4, 0.5) is 0 Å². The first-order valence-corrected chi connectivity index (χ1v) is 7.98. The van der Waals surface area contributed by atoms with Gasteiger partial charge in [0.25, 0.3) is 0 Å². The third-order valence-corrected chi connectivity index (χ3v) is 4.28. The van der Waals surface area contributed by atoms with Crippen LogP contribution in [0.3, 0.4) is 0 Å². The molecule has 2 aromatic rings. The Hall–Kier alpha value is -1.13. The summed E-state index contributed by atoms with van der Waals surface area (Å²) in [6.07, 6.45) is 2.54. The van der Waals surface area contributed by atoms with Crippen LogP contribution in [0.1, 0.15) is 28.8 Å². The molecule has 0 radical (unpaired) electrons. The van der Waals surface area contributed by atoms with Gasteiger partial charge < -0.3 is 4.74 Å². The van der Waals surface area contributed by atoms with E-state index in [0.29, 0.717) is 17.2 Å². The first-order chi connectivity index (χ1) is 9.63. The highest BCUT2D eigenvalue weighted by atomic mass is 79.9. The Morgan fingerprint density at radius 3 is 2.65 bits per heavy atom. The van der Waals surface area contributed by atoms with Crippen LogP contribution in [0.2, 0.25) is 0 Å². The molecule has 0 spiro atoms. The molecule has 1 saturated carbocycles. The largest absolute Gasteiger partial charge is 0.490 e. The summed E-state index contributed by atoms with van der Waals surface area (Å²) in [5.74, 6) is 0.754. The molecule has 1 aliphatic rings. The average Bonchev–Trinajstić information content (AvgIpc) is 3.25. The minimum absolute atomic E-state index is 0.0144. The standard InChI is InChI=1S/C16H12Br2O2/c17-11-4-7-15(18)14(9-11)16(19)10-2-1-3-13(8-10)20-12-5-6-12/h1-4,7-9,12H,5-6H2. The summed E-state index contributed by atoms with van der Waals surface area (Å²) in [4.78, 5) is 12.6. The summed E-state index contributed by atoms with van der Waals surface area (Å²) in [6, 6.07) is 13.0. The second kappa shape index (κ2) is 5.70. The van der Waals surface area contributed by atoms with Crippen LogP contribution in [-0.2, 0) is 0 Å². The fourth-order valence-corrected chi connectivity index (χ4v) is 2.70. The van der Waals surface area contributed by atoms with E-state index in [4.69, 9.17) is 4.74 Å². The number of ketones is 1. The molecule has 20 heavy (non-hydrogen) atoms. The molecule has 0 amide bonds. The number of halogens is 2. The fourth-order valence-electron chi connectivity index (χ4n) is 1.92. The van der Waals surface area contributed by atoms with Crippen molar-refractivity contribution in [1.29, 1.82) is 0 Å². The molecule has 2 aromatic carbocycles. The van der Waals surface area contributed by atoms with Crippen LogP contribution in [0, 0.1) is 0 Å². The minimum Gasteiger partial charge on any atom is -0.490 e. The molecule has 102 valence electrons. The summed E-state index contributed by atoms with van der Waals surface area (Å²) in [6.45, 7) is 0. The number of carbonyl (C=O) groups is 1. The number of hydrogen-bond acceptors (Lipinski definition) is 2. The van der Waals surface area contributed by atoms with E-state index in [2.05, 4.69) is 31.9 Å². The quantitative estimate of drug-likeness (QED) is 0.682. The molecule has 1 fully saturated rings. The van der Waals surface area contributed by atoms with Gasteiger partial charge in [-0.15, -0.1) is 0 Å². The minimum atomic E-state index is -0.0144. The Morgan fingerprint density at radius 1 is 1.10 bits per heavy atom. The lowest BCUT2D eigenvalue weighted by Crippen LogP contribution is -2.04. The zero-order valence-corrected chi connectivity index (χ0v) is 13.8. The van der Waals surface area contributed by atoms with Gasteiger partial charge >= 0.3 is 0 Å². The van der Waals surface area contributed by atoms with Crippen LogP contribution >= 0.6 is 31.9 Å². The van der Waals surface area contributed by atoms with Gasteiger partial charge in [-0.05, 0) is 43.2 Å². The highest BCUT2D eigenvalue weighted by Gasteiger charge is 2.23. The first kappa shape index (κ1) is 13.8. The molecule has 0 N–H and O–H groups in total. The van der Waals surface area contributed by atoms with Crippen molar-refractivity contribution in [3.05, 3.63) is 62.5 Å². The number of benzene rings is 2. The Bertz CT molecular complexity index is 663. The number of carbonyl (C=O) groups excluding carboxylic acids is 1. The normalized spacial score (nSPS) is 14.1.